The molecule has 0 aliphatic heterocycles. The van der Waals surface area contributed by atoms with Gasteiger partial charge in [0.05, 0.1) is 11.8 Å². The lowest BCUT2D eigenvalue weighted by Gasteiger charge is -2.26. The number of aliphatic hydroxyl groups is 1. The fourth-order valence-electron chi connectivity index (χ4n) is 2.79. The van der Waals surface area contributed by atoms with Gasteiger partial charge in [0.25, 0.3) is 0 Å². The molecule has 1 aliphatic rings. The summed E-state index contributed by atoms with van der Waals surface area (Å²) < 4.78 is 27.3. The Morgan fingerprint density at radius 1 is 1.40 bits per heavy atom. The third-order valence-corrected chi connectivity index (χ3v) is 5.47. The van der Waals surface area contributed by atoms with E-state index in [2.05, 4.69) is 4.72 Å². The second kappa shape index (κ2) is 6.11. The highest BCUT2D eigenvalue weighted by Gasteiger charge is 2.24. The van der Waals surface area contributed by atoms with Gasteiger partial charge in [-0.05, 0) is 43.7 Å². The van der Waals surface area contributed by atoms with Gasteiger partial charge in [-0.25, -0.2) is 13.1 Å². The first-order chi connectivity index (χ1) is 9.40. The first kappa shape index (κ1) is 15.3. The Morgan fingerprint density at radius 3 is 2.80 bits per heavy atom. The van der Waals surface area contributed by atoms with Gasteiger partial charge < -0.3 is 10.8 Å². The van der Waals surface area contributed by atoms with Gasteiger partial charge in [0.15, 0.2) is 0 Å². The average molecular weight is 298 g/mol. The Labute approximate surface area is 120 Å². The van der Waals surface area contributed by atoms with E-state index in [0.717, 1.165) is 19.3 Å². The Kier molecular flexibility index (Phi) is 4.67. The molecule has 0 saturated heterocycles. The summed E-state index contributed by atoms with van der Waals surface area (Å²) in [6, 6.07) is 5.06. The molecule has 4 N–H and O–H groups in total. The van der Waals surface area contributed by atoms with Crippen LogP contribution in [0, 0.1) is 12.8 Å². The van der Waals surface area contributed by atoms with Crippen molar-refractivity contribution in [2.75, 3.05) is 12.3 Å². The Balaban J connectivity index is 2.08. The average Bonchev–Trinajstić information content (AvgIpc) is 2.36. The molecule has 1 aliphatic carbocycles. The van der Waals surface area contributed by atoms with E-state index in [9.17, 15) is 13.5 Å². The van der Waals surface area contributed by atoms with E-state index < -0.39 is 10.0 Å². The zero-order chi connectivity index (χ0) is 14.8. The molecule has 1 fully saturated rings. The highest BCUT2D eigenvalue weighted by atomic mass is 32.2. The molecule has 2 rings (SSSR count). The Bertz CT molecular complexity index is 552. The first-order valence-electron chi connectivity index (χ1n) is 6.93. The maximum Gasteiger partial charge on any atom is 0.242 e. The van der Waals surface area contributed by atoms with E-state index in [4.69, 9.17) is 5.73 Å². The molecule has 0 heterocycles. The normalized spacial score (nSPS) is 23.7. The van der Waals surface area contributed by atoms with E-state index in [0.29, 0.717) is 18.5 Å². The van der Waals surface area contributed by atoms with Crippen molar-refractivity contribution in [3.8, 4) is 0 Å². The third-order valence-electron chi connectivity index (χ3n) is 3.83. The van der Waals surface area contributed by atoms with Gasteiger partial charge in [-0.1, -0.05) is 18.6 Å². The van der Waals surface area contributed by atoms with Crippen LogP contribution in [0.15, 0.2) is 23.1 Å². The Morgan fingerprint density at radius 2 is 2.15 bits per heavy atom. The van der Waals surface area contributed by atoms with Crippen LogP contribution in [0.5, 0.6) is 0 Å². The number of nitrogens with one attached hydrogen (secondary N) is 1. The molecule has 0 bridgehead atoms. The minimum absolute atomic E-state index is 0.163. The summed E-state index contributed by atoms with van der Waals surface area (Å²) >= 11 is 0. The van der Waals surface area contributed by atoms with Crippen LogP contribution in [0.25, 0.3) is 0 Å². The summed E-state index contributed by atoms with van der Waals surface area (Å²) in [5.74, 6) is 0.193. The molecular formula is C14H22N2O3S. The minimum atomic E-state index is -3.60. The quantitative estimate of drug-likeness (QED) is 0.733. The zero-order valence-corrected chi connectivity index (χ0v) is 12.5. The summed E-state index contributed by atoms with van der Waals surface area (Å²) in [6.45, 7) is 2.09. The monoisotopic (exact) mass is 298 g/mol. The largest absolute Gasteiger partial charge is 0.398 e. The maximum absolute atomic E-state index is 12.3. The molecule has 2 unspecified atom stereocenters. The first-order valence-corrected chi connectivity index (χ1v) is 8.41. The van der Waals surface area contributed by atoms with Gasteiger partial charge in [0.1, 0.15) is 4.90 Å². The summed E-state index contributed by atoms with van der Waals surface area (Å²) in [5.41, 5.74) is 6.68. The van der Waals surface area contributed by atoms with E-state index >= 15 is 0 Å². The highest BCUT2D eigenvalue weighted by Crippen LogP contribution is 2.25. The molecule has 0 aromatic heterocycles. The van der Waals surface area contributed by atoms with Crippen molar-refractivity contribution in [3.05, 3.63) is 23.8 Å². The van der Waals surface area contributed by atoms with Crippen molar-refractivity contribution in [2.24, 2.45) is 5.92 Å². The molecular weight excluding hydrogens is 276 g/mol. The lowest BCUT2D eigenvalue weighted by Crippen LogP contribution is -2.33. The molecule has 5 nitrogen and oxygen atoms in total. The second-order valence-electron chi connectivity index (χ2n) is 5.53. The van der Waals surface area contributed by atoms with Gasteiger partial charge in [-0.15, -0.1) is 0 Å². The van der Waals surface area contributed by atoms with Crippen LogP contribution in [0.3, 0.4) is 0 Å². The highest BCUT2D eigenvalue weighted by molar-refractivity contribution is 7.89. The molecule has 112 valence electrons. The van der Waals surface area contributed by atoms with Crippen LogP contribution < -0.4 is 10.5 Å². The van der Waals surface area contributed by atoms with Crippen molar-refractivity contribution in [1.82, 2.24) is 4.72 Å². The van der Waals surface area contributed by atoms with Gasteiger partial charge in [0, 0.05) is 6.54 Å². The van der Waals surface area contributed by atoms with Crippen LogP contribution in [-0.4, -0.2) is 26.2 Å². The number of hydrogen-bond acceptors (Lipinski definition) is 4. The molecule has 1 aromatic carbocycles. The van der Waals surface area contributed by atoms with Crippen molar-refractivity contribution >= 4 is 15.7 Å². The standard InChI is InChI=1S/C14H22N2O3S/c1-10-4-2-7-13(15)14(10)20(18,19)16-9-11-5-3-6-12(17)8-11/h2,4,7,11-12,16-17H,3,5-6,8-9,15H2,1H3. The number of sulfonamides is 1. The molecule has 0 radical (unpaired) electrons. The van der Waals surface area contributed by atoms with Gasteiger partial charge in [-0.2, -0.15) is 0 Å². The maximum atomic E-state index is 12.3. The third kappa shape index (κ3) is 3.50. The second-order valence-corrected chi connectivity index (χ2v) is 7.24. The minimum Gasteiger partial charge on any atom is -0.398 e. The molecule has 2 atom stereocenters. The lowest BCUT2D eigenvalue weighted by atomic mass is 9.87. The number of rotatable bonds is 4. The van der Waals surface area contributed by atoms with E-state index in [1.54, 1.807) is 25.1 Å². The zero-order valence-electron chi connectivity index (χ0n) is 11.7. The van der Waals surface area contributed by atoms with E-state index in [-0.39, 0.29) is 22.6 Å². The van der Waals surface area contributed by atoms with Crippen molar-refractivity contribution in [3.63, 3.8) is 0 Å². The van der Waals surface area contributed by atoms with Crippen LogP contribution in [0.1, 0.15) is 31.2 Å². The fourth-order valence-corrected chi connectivity index (χ4v) is 4.26. The number of nitrogens with two attached hydrogens (primary N) is 1. The van der Waals surface area contributed by atoms with Crippen LogP contribution in [0.4, 0.5) is 5.69 Å². The smallest absolute Gasteiger partial charge is 0.242 e. The molecule has 20 heavy (non-hydrogen) atoms. The Hall–Kier alpha value is -1.11. The molecule has 6 heteroatoms. The van der Waals surface area contributed by atoms with Crippen molar-refractivity contribution in [1.29, 1.82) is 0 Å². The molecule has 0 spiro atoms. The number of hydrogen-bond donors (Lipinski definition) is 3. The van der Waals surface area contributed by atoms with Gasteiger partial charge in [-0.3, -0.25) is 0 Å². The summed E-state index contributed by atoms with van der Waals surface area (Å²) in [7, 11) is -3.60. The predicted molar refractivity (Wildman–Crippen MR) is 78.7 cm³/mol. The number of aryl methyl sites for hydroxylation is 1. The van der Waals surface area contributed by atoms with Gasteiger partial charge in [0.2, 0.25) is 10.0 Å². The number of nitrogen functional groups attached to an aromatic ring is 1. The number of aliphatic hydroxyl groups excluding tert-OH is 1. The predicted octanol–water partition coefficient (Wildman–Crippen LogP) is 1.41. The van der Waals surface area contributed by atoms with Crippen LogP contribution in [0.2, 0.25) is 0 Å². The van der Waals surface area contributed by atoms with E-state index in [1.807, 2.05) is 0 Å². The summed E-state index contributed by atoms with van der Waals surface area (Å²) in [6.07, 6.45) is 3.06. The summed E-state index contributed by atoms with van der Waals surface area (Å²) in [5, 5.41) is 9.62. The van der Waals surface area contributed by atoms with Crippen LogP contribution >= 0.6 is 0 Å². The lowest BCUT2D eigenvalue weighted by molar-refractivity contribution is 0.102. The number of anilines is 1. The SMILES string of the molecule is Cc1cccc(N)c1S(=O)(=O)NCC1CCCC(O)C1. The van der Waals surface area contributed by atoms with Gasteiger partial charge >= 0.3 is 0 Å². The summed E-state index contributed by atoms with van der Waals surface area (Å²) in [4.78, 5) is 0.163. The topological polar surface area (TPSA) is 92.4 Å². The van der Waals surface area contributed by atoms with Crippen molar-refractivity contribution < 1.29 is 13.5 Å². The molecule has 1 aromatic rings. The van der Waals surface area contributed by atoms with Crippen molar-refractivity contribution in [2.45, 2.75) is 43.6 Å². The van der Waals surface area contributed by atoms with E-state index in [1.165, 1.54) is 0 Å². The molecule has 0 amide bonds. The number of benzene rings is 1. The molecule has 1 saturated carbocycles. The fraction of sp³-hybridized carbons (Fsp3) is 0.571. The van der Waals surface area contributed by atoms with Crippen LogP contribution in [-0.2, 0) is 10.0 Å².